The number of non-ortho nitro benzene ring substituents is 1. The second-order valence-electron chi connectivity index (χ2n) is 10.1. The fraction of sp³-hybridized carbons (Fsp3) is 0.407. The lowest BCUT2D eigenvalue weighted by Crippen LogP contribution is -2.57. The number of nitro benzene ring substituents is 1. The van der Waals surface area contributed by atoms with Crippen molar-refractivity contribution in [1.82, 2.24) is 15.1 Å². The Hall–Kier alpha value is -4.66. The third-order valence-corrected chi connectivity index (χ3v) is 7.59. The molecule has 3 atom stereocenters. The minimum absolute atomic E-state index is 0.0860. The number of carbonyl (C=O) groups is 4. The van der Waals surface area contributed by atoms with E-state index in [4.69, 9.17) is 4.74 Å². The summed E-state index contributed by atoms with van der Waals surface area (Å²) in [6.45, 7) is 1.73. The molecule has 1 saturated heterocycles. The predicted octanol–water partition coefficient (Wildman–Crippen LogP) is 2.80. The lowest BCUT2D eigenvalue weighted by atomic mass is 9.90. The van der Waals surface area contributed by atoms with Crippen LogP contribution in [0.3, 0.4) is 0 Å². The van der Waals surface area contributed by atoms with E-state index in [2.05, 4.69) is 10.6 Å². The van der Waals surface area contributed by atoms with Crippen LogP contribution in [0, 0.1) is 27.7 Å². The summed E-state index contributed by atoms with van der Waals surface area (Å²) in [5.74, 6) is -5.10. The Bertz CT molecular complexity index is 1400. The van der Waals surface area contributed by atoms with Crippen LogP contribution in [0.4, 0.5) is 25.0 Å². The Morgan fingerprint density at radius 1 is 1.14 bits per heavy atom. The van der Waals surface area contributed by atoms with Crippen molar-refractivity contribution in [2.75, 3.05) is 25.6 Å². The molecule has 0 bridgehead atoms. The van der Waals surface area contributed by atoms with E-state index in [1.807, 2.05) is 0 Å². The summed E-state index contributed by atoms with van der Waals surface area (Å²) >= 11 is 0. The zero-order valence-electron chi connectivity index (χ0n) is 22.7. The van der Waals surface area contributed by atoms with Crippen LogP contribution in [0.1, 0.15) is 36.9 Å². The molecule has 15 heteroatoms. The van der Waals surface area contributed by atoms with E-state index >= 15 is 0 Å². The zero-order chi connectivity index (χ0) is 30.7. The van der Waals surface area contributed by atoms with Gasteiger partial charge in [-0.2, -0.15) is 0 Å². The molecular formula is C27H29F2N5O8. The Labute approximate surface area is 238 Å². The van der Waals surface area contributed by atoms with Gasteiger partial charge >= 0.3 is 6.09 Å². The molecule has 224 valence electrons. The molecule has 2 aliphatic heterocycles. The third kappa shape index (κ3) is 6.15. The van der Waals surface area contributed by atoms with Crippen molar-refractivity contribution in [3.8, 4) is 0 Å². The smallest absolute Gasteiger partial charge is 0.407 e. The summed E-state index contributed by atoms with van der Waals surface area (Å²) in [4.78, 5) is 64.9. The van der Waals surface area contributed by atoms with Crippen molar-refractivity contribution >= 4 is 35.2 Å². The molecular weight excluding hydrogens is 560 g/mol. The van der Waals surface area contributed by atoms with E-state index in [-0.39, 0.29) is 31.0 Å². The van der Waals surface area contributed by atoms with Gasteiger partial charge in [0.2, 0.25) is 11.8 Å². The molecule has 2 aliphatic rings. The van der Waals surface area contributed by atoms with Gasteiger partial charge in [0.1, 0.15) is 35.4 Å². The number of nitrogens with one attached hydrogen (secondary N) is 2. The number of fused-ring (bicyclic) bond motifs is 1. The monoisotopic (exact) mass is 589 g/mol. The van der Waals surface area contributed by atoms with E-state index < -0.39 is 70.1 Å². The van der Waals surface area contributed by atoms with Gasteiger partial charge in [0.15, 0.2) is 0 Å². The number of benzene rings is 2. The van der Waals surface area contributed by atoms with Gasteiger partial charge in [-0.3, -0.25) is 29.4 Å². The maximum Gasteiger partial charge on any atom is 0.407 e. The molecule has 2 heterocycles. The third-order valence-electron chi connectivity index (χ3n) is 7.59. The van der Waals surface area contributed by atoms with E-state index in [9.17, 15) is 43.2 Å². The van der Waals surface area contributed by atoms with Crippen molar-refractivity contribution in [2.24, 2.45) is 5.92 Å². The number of carbonyl (C=O) groups excluding carboxylic acids is 3. The summed E-state index contributed by atoms with van der Waals surface area (Å²) < 4.78 is 34.2. The Morgan fingerprint density at radius 3 is 2.38 bits per heavy atom. The van der Waals surface area contributed by atoms with Crippen LogP contribution in [-0.2, 0) is 25.7 Å². The summed E-state index contributed by atoms with van der Waals surface area (Å²) in [5, 5.41) is 25.6. The summed E-state index contributed by atoms with van der Waals surface area (Å²) in [6.07, 6.45) is -0.632. The quantitative estimate of drug-likeness (QED) is 0.312. The number of nitrogens with zero attached hydrogens (tertiary/aromatic N) is 3. The van der Waals surface area contributed by atoms with Crippen LogP contribution < -0.4 is 10.6 Å². The first-order chi connectivity index (χ1) is 19.9. The summed E-state index contributed by atoms with van der Waals surface area (Å²) in [6, 6.07) is 2.75. The highest BCUT2D eigenvalue weighted by Crippen LogP contribution is 2.38. The average Bonchev–Trinajstić information content (AvgIpc) is 3.36. The average molecular weight is 590 g/mol. The van der Waals surface area contributed by atoms with E-state index in [0.717, 1.165) is 34.1 Å². The molecule has 42 heavy (non-hydrogen) atoms. The fourth-order valence-corrected chi connectivity index (χ4v) is 5.06. The van der Waals surface area contributed by atoms with Crippen LogP contribution in [-0.4, -0.2) is 76.0 Å². The molecule has 0 radical (unpaired) electrons. The lowest BCUT2D eigenvalue weighted by Gasteiger charge is -2.35. The molecule has 0 aromatic heterocycles. The Kier molecular flexibility index (Phi) is 8.99. The van der Waals surface area contributed by atoms with Gasteiger partial charge in [0.25, 0.3) is 11.6 Å². The maximum absolute atomic E-state index is 14.4. The summed E-state index contributed by atoms with van der Waals surface area (Å²) in [5.41, 5.74) is -0.645. The zero-order valence-corrected chi connectivity index (χ0v) is 22.7. The van der Waals surface area contributed by atoms with Crippen LogP contribution in [0.15, 0.2) is 36.4 Å². The van der Waals surface area contributed by atoms with Crippen LogP contribution in [0.5, 0.6) is 0 Å². The number of carboxylic acid groups (broad SMARTS) is 1. The van der Waals surface area contributed by atoms with Crippen LogP contribution in [0.2, 0.25) is 0 Å². The Morgan fingerprint density at radius 2 is 1.79 bits per heavy atom. The number of halogens is 2. The van der Waals surface area contributed by atoms with E-state index in [1.54, 1.807) is 0 Å². The number of rotatable bonds is 8. The molecule has 3 N–H and O–H groups in total. The minimum atomic E-state index is -1.54. The number of hydrogen-bond donors (Lipinski definition) is 3. The Balaban J connectivity index is 1.72. The van der Waals surface area contributed by atoms with Crippen LogP contribution >= 0.6 is 0 Å². The van der Waals surface area contributed by atoms with Gasteiger partial charge in [-0.25, -0.2) is 13.6 Å². The SMILES string of the molecule is C[C@@H](C(=O)N[C@H](C(=O)N1Cc2ccc([N+](=O)[O-])cc2[C@H]1C(=O)Nc1c(F)cccc1F)C1CCOCC1)N(C)C(=O)O. The van der Waals surface area contributed by atoms with Crippen molar-refractivity contribution < 1.29 is 42.7 Å². The summed E-state index contributed by atoms with van der Waals surface area (Å²) in [7, 11) is 1.20. The van der Waals surface area contributed by atoms with Crippen molar-refractivity contribution in [3.63, 3.8) is 0 Å². The highest BCUT2D eigenvalue weighted by molar-refractivity contribution is 6.00. The van der Waals surface area contributed by atoms with Crippen molar-refractivity contribution in [3.05, 3.63) is 69.3 Å². The number of nitro groups is 1. The highest BCUT2D eigenvalue weighted by Gasteiger charge is 2.44. The van der Waals surface area contributed by atoms with Gasteiger partial charge < -0.3 is 25.4 Å². The number of hydrogen-bond acceptors (Lipinski definition) is 7. The molecule has 4 rings (SSSR count). The maximum atomic E-state index is 14.4. The number of amides is 4. The van der Waals surface area contributed by atoms with Gasteiger partial charge in [-0.05, 0) is 48.9 Å². The largest absolute Gasteiger partial charge is 0.465 e. The standard InChI is InChI=1S/C27H29F2N5O8/c1-14(32(2)27(38)39)24(35)30-21(15-8-10-42-11-9-15)26(37)33-13-16-6-7-17(34(40)41)12-18(16)23(33)25(36)31-22-19(28)4-3-5-20(22)29/h3-7,12,14-15,21,23H,8-11,13H2,1-2H3,(H,30,35)(H,31,36)(H,38,39)/t14-,21-,23-/m0/s1. The lowest BCUT2D eigenvalue weighted by molar-refractivity contribution is -0.384. The normalized spacial score (nSPS) is 18.0. The highest BCUT2D eigenvalue weighted by atomic mass is 19.1. The molecule has 0 unspecified atom stereocenters. The topological polar surface area (TPSA) is 171 Å². The molecule has 1 fully saturated rings. The molecule has 0 saturated carbocycles. The number of anilines is 1. The van der Waals surface area contributed by atoms with Gasteiger partial charge in [-0.15, -0.1) is 0 Å². The van der Waals surface area contributed by atoms with Crippen LogP contribution in [0.25, 0.3) is 0 Å². The van der Waals surface area contributed by atoms with Crippen molar-refractivity contribution in [2.45, 2.75) is 44.4 Å². The molecule has 0 spiro atoms. The molecule has 13 nitrogen and oxygen atoms in total. The number of likely N-dealkylation sites (N-methyl/N-ethyl adjacent to an activating group) is 1. The number of para-hydroxylation sites is 1. The first-order valence-electron chi connectivity index (χ1n) is 13.1. The molecule has 2 aromatic rings. The molecule has 0 aliphatic carbocycles. The first kappa shape index (κ1) is 30.3. The fourth-order valence-electron chi connectivity index (χ4n) is 5.06. The van der Waals surface area contributed by atoms with Gasteiger partial charge in [0, 0.05) is 38.9 Å². The van der Waals surface area contributed by atoms with E-state index in [1.165, 1.54) is 26.1 Å². The van der Waals surface area contributed by atoms with E-state index in [0.29, 0.717) is 18.4 Å². The van der Waals surface area contributed by atoms with Crippen molar-refractivity contribution in [1.29, 1.82) is 0 Å². The van der Waals surface area contributed by atoms with Gasteiger partial charge in [-0.1, -0.05) is 12.1 Å². The minimum Gasteiger partial charge on any atom is -0.465 e. The first-order valence-corrected chi connectivity index (χ1v) is 13.1. The predicted molar refractivity (Wildman–Crippen MR) is 142 cm³/mol. The molecule has 4 amide bonds. The second-order valence-corrected chi connectivity index (χ2v) is 10.1. The van der Waals surface area contributed by atoms with Gasteiger partial charge in [0.05, 0.1) is 4.92 Å². The second kappa shape index (κ2) is 12.5. The number of ether oxygens (including phenoxy) is 1. The molecule has 2 aromatic carbocycles.